The Kier molecular flexibility index (Phi) is 4.63. The number of benzene rings is 2. The van der Waals surface area contributed by atoms with E-state index < -0.39 is 23.5 Å². The number of rotatable bonds is 4. The third kappa shape index (κ3) is 3.04. The predicted octanol–water partition coefficient (Wildman–Crippen LogP) is 2.24. The molecule has 25 heavy (non-hydrogen) atoms. The Morgan fingerprint density at radius 1 is 1.04 bits per heavy atom. The van der Waals surface area contributed by atoms with Crippen molar-refractivity contribution < 1.29 is 24.2 Å². The van der Waals surface area contributed by atoms with Gasteiger partial charge in [-0.05, 0) is 17.7 Å². The average molecular weight is 341 g/mol. The van der Waals surface area contributed by atoms with E-state index in [1.165, 1.54) is 29.2 Å². The summed E-state index contributed by atoms with van der Waals surface area (Å²) in [7, 11) is 0. The summed E-state index contributed by atoms with van der Waals surface area (Å²) in [5.74, 6) is -2.38. The first-order valence-corrected chi connectivity index (χ1v) is 7.74. The number of ketones is 1. The highest BCUT2D eigenvalue weighted by Gasteiger charge is 2.45. The predicted molar refractivity (Wildman–Crippen MR) is 88.9 cm³/mol. The lowest BCUT2D eigenvalue weighted by Gasteiger charge is -2.24. The van der Waals surface area contributed by atoms with Gasteiger partial charge in [0.2, 0.25) is 0 Å². The van der Waals surface area contributed by atoms with Crippen LogP contribution in [0.4, 0.5) is 4.39 Å². The second-order valence-electron chi connectivity index (χ2n) is 5.63. The number of halogens is 1. The minimum atomic E-state index is -0.882. The molecule has 1 aliphatic heterocycles. The molecule has 1 aliphatic rings. The number of carbonyl (C=O) groups is 2. The summed E-state index contributed by atoms with van der Waals surface area (Å²) in [6.45, 7) is -0.408. The molecule has 0 radical (unpaired) electrons. The van der Waals surface area contributed by atoms with Gasteiger partial charge < -0.3 is 15.1 Å². The van der Waals surface area contributed by atoms with E-state index in [2.05, 4.69) is 0 Å². The minimum Gasteiger partial charge on any atom is -0.507 e. The number of carbonyl (C=O) groups excluding carboxylic acids is 2. The molecule has 5 nitrogen and oxygen atoms in total. The van der Waals surface area contributed by atoms with Gasteiger partial charge in [-0.2, -0.15) is 0 Å². The van der Waals surface area contributed by atoms with E-state index in [1.54, 1.807) is 30.3 Å². The molecular formula is C19H16FNO4. The van der Waals surface area contributed by atoms with Crippen molar-refractivity contribution in [3.63, 3.8) is 0 Å². The van der Waals surface area contributed by atoms with Crippen molar-refractivity contribution in [2.24, 2.45) is 0 Å². The number of Topliss-reactive ketones (excluding diaryl/α,β-unsaturated/α-hetero) is 1. The van der Waals surface area contributed by atoms with E-state index in [9.17, 15) is 24.2 Å². The quantitative estimate of drug-likeness (QED) is 0.508. The molecule has 0 bridgehead atoms. The normalized spacial score (nSPS) is 19.4. The third-order valence-corrected chi connectivity index (χ3v) is 4.11. The molecule has 0 aromatic heterocycles. The largest absolute Gasteiger partial charge is 0.507 e. The molecule has 1 atom stereocenters. The lowest BCUT2D eigenvalue weighted by molar-refractivity contribution is -0.140. The monoisotopic (exact) mass is 341 g/mol. The zero-order valence-electron chi connectivity index (χ0n) is 13.2. The number of aliphatic hydroxyl groups excluding tert-OH is 2. The minimum absolute atomic E-state index is 0.0712. The van der Waals surface area contributed by atoms with Crippen LogP contribution in [0.3, 0.4) is 0 Å². The summed E-state index contributed by atoms with van der Waals surface area (Å²) in [5.41, 5.74) is 0.805. The summed E-state index contributed by atoms with van der Waals surface area (Å²) in [5, 5.41) is 19.9. The van der Waals surface area contributed by atoms with Gasteiger partial charge in [0, 0.05) is 12.1 Å². The van der Waals surface area contributed by atoms with E-state index in [0.29, 0.717) is 11.1 Å². The van der Waals surface area contributed by atoms with Crippen molar-refractivity contribution in [1.29, 1.82) is 0 Å². The van der Waals surface area contributed by atoms with Gasteiger partial charge >= 0.3 is 0 Å². The molecule has 0 saturated carbocycles. The first-order chi connectivity index (χ1) is 12.0. The molecule has 0 aliphatic carbocycles. The van der Waals surface area contributed by atoms with Crippen LogP contribution in [0.15, 0.2) is 60.2 Å². The maximum atomic E-state index is 13.2. The number of nitrogens with zero attached hydrogens (tertiary/aromatic N) is 1. The zero-order chi connectivity index (χ0) is 18.0. The van der Waals surface area contributed by atoms with Crippen LogP contribution in [0.1, 0.15) is 17.2 Å². The molecule has 6 heteroatoms. The molecular weight excluding hydrogens is 325 g/mol. The van der Waals surface area contributed by atoms with E-state index >= 15 is 0 Å². The van der Waals surface area contributed by atoms with Crippen LogP contribution in [0, 0.1) is 5.82 Å². The SMILES string of the molecule is O=C1C(=O)N(CCO)C(c2ccc(F)cc2)/C1=C(/O)c1ccccc1. The van der Waals surface area contributed by atoms with Crippen molar-refractivity contribution in [3.05, 3.63) is 77.1 Å². The standard InChI is InChI=1S/C19H16FNO4/c20-14-8-6-12(7-9-14)16-15(17(23)13-4-2-1-3-5-13)18(24)19(25)21(16)10-11-22/h1-9,16,22-23H,10-11H2/b17-15-. The van der Waals surface area contributed by atoms with Gasteiger partial charge in [0.15, 0.2) is 0 Å². The number of β-amino-alcohol motifs (C(OH)–C–C–N with tert-alkyl or cyclic N) is 1. The van der Waals surface area contributed by atoms with Crippen LogP contribution >= 0.6 is 0 Å². The zero-order valence-corrected chi connectivity index (χ0v) is 13.2. The molecule has 0 spiro atoms. The Morgan fingerprint density at radius 3 is 2.28 bits per heavy atom. The summed E-state index contributed by atoms with van der Waals surface area (Å²) < 4.78 is 13.2. The summed E-state index contributed by atoms with van der Waals surface area (Å²) in [6, 6.07) is 12.9. The highest BCUT2D eigenvalue weighted by atomic mass is 19.1. The Morgan fingerprint density at radius 2 is 1.68 bits per heavy atom. The molecule has 1 fully saturated rings. The van der Waals surface area contributed by atoms with Crippen LogP contribution in [0.5, 0.6) is 0 Å². The van der Waals surface area contributed by atoms with Gasteiger partial charge in [-0.1, -0.05) is 42.5 Å². The van der Waals surface area contributed by atoms with Crippen molar-refractivity contribution >= 4 is 17.4 Å². The smallest absolute Gasteiger partial charge is 0.295 e. The average Bonchev–Trinajstić information content (AvgIpc) is 2.88. The highest BCUT2D eigenvalue weighted by molar-refractivity contribution is 6.46. The first kappa shape index (κ1) is 16.9. The van der Waals surface area contributed by atoms with E-state index in [-0.39, 0.29) is 24.5 Å². The summed E-state index contributed by atoms with van der Waals surface area (Å²) in [4.78, 5) is 26.0. The Bertz CT molecular complexity index is 830. The van der Waals surface area contributed by atoms with Crippen molar-refractivity contribution in [2.45, 2.75) is 6.04 Å². The number of amides is 1. The van der Waals surface area contributed by atoms with E-state index in [1.807, 2.05) is 0 Å². The van der Waals surface area contributed by atoms with Crippen LogP contribution in [0.2, 0.25) is 0 Å². The molecule has 2 aromatic carbocycles. The number of hydrogen-bond donors (Lipinski definition) is 2. The van der Waals surface area contributed by atoms with Gasteiger partial charge in [0.05, 0.1) is 18.2 Å². The molecule has 2 aromatic rings. The topological polar surface area (TPSA) is 77.8 Å². The fourth-order valence-electron chi connectivity index (χ4n) is 2.96. The first-order valence-electron chi connectivity index (χ1n) is 7.74. The molecule has 2 N–H and O–H groups in total. The molecule has 1 unspecified atom stereocenters. The molecule has 3 rings (SSSR count). The Balaban J connectivity index is 2.18. The van der Waals surface area contributed by atoms with Crippen LogP contribution in [-0.4, -0.2) is 40.0 Å². The molecule has 1 saturated heterocycles. The van der Waals surface area contributed by atoms with Crippen molar-refractivity contribution in [3.8, 4) is 0 Å². The second kappa shape index (κ2) is 6.86. The summed E-state index contributed by atoms with van der Waals surface area (Å²) in [6.07, 6.45) is 0. The highest BCUT2D eigenvalue weighted by Crippen LogP contribution is 2.39. The fourth-order valence-corrected chi connectivity index (χ4v) is 2.96. The molecule has 128 valence electrons. The number of aliphatic hydroxyl groups is 2. The summed E-state index contributed by atoms with van der Waals surface area (Å²) >= 11 is 0. The number of hydrogen-bond acceptors (Lipinski definition) is 4. The maximum absolute atomic E-state index is 13.2. The van der Waals surface area contributed by atoms with Crippen molar-refractivity contribution in [1.82, 2.24) is 4.90 Å². The second-order valence-corrected chi connectivity index (χ2v) is 5.63. The van der Waals surface area contributed by atoms with Gasteiger partial charge in [-0.3, -0.25) is 9.59 Å². The van der Waals surface area contributed by atoms with Gasteiger partial charge in [-0.25, -0.2) is 4.39 Å². The maximum Gasteiger partial charge on any atom is 0.295 e. The van der Waals surface area contributed by atoms with E-state index in [4.69, 9.17) is 0 Å². The van der Waals surface area contributed by atoms with E-state index in [0.717, 1.165) is 0 Å². The van der Waals surface area contributed by atoms with Crippen LogP contribution in [0.25, 0.3) is 5.76 Å². The van der Waals surface area contributed by atoms with Gasteiger partial charge in [0.25, 0.3) is 11.7 Å². The van der Waals surface area contributed by atoms with Crippen molar-refractivity contribution in [2.75, 3.05) is 13.2 Å². The third-order valence-electron chi connectivity index (χ3n) is 4.11. The Hall–Kier alpha value is -2.99. The Labute approximate surface area is 143 Å². The number of likely N-dealkylation sites (tertiary alicyclic amines) is 1. The van der Waals surface area contributed by atoms with Gasteiger partial charge in [0.1, 0.15) is 11.6 Å². The lowest BCUT2D eigenvalue weighted by atomic mass is 9.95. The molecule has 1 amide bonds. The van der Waals surface area contributed by atoms with Crippen LogP contribution < -0.4 is 0 Å². The molecule has 1 heterocycles. The fraction of sp³-hybridized carbons (Fsp3) is 0.158. The van der Waals surface area contributed by atoms with Gasteiger partial charge in [-0.15, -0.1) is 0 Å². The van der Waals surface area contributed by atoms with Crippen LogP contribution in [-0.2, 0) is 9.59 Å². The lowest BCUT2D eigenvalue weighted by Crippen LogP contribution is -2.32.